The van der Waals surface area contributed by atoms with Gasteiger partial charge in [-0.15, -0.1) is 0 Å². The van der Waals surface area contributed by atoms with Gasteiger partial charge in [-0.3, -0.25) is 9.11 Å². The number of ether oxygens (including phenoxy) is 1. The average molecular weight is 517 g/mol. The van der Waals surface area contributed by atoms with Crippen LogP contribution < -0.4 is 15.0 Å². The molecule has 0 bridgehead atoms. The second-order valence-electron chi connectivity index (χ2n) is 10.2. The largest absolute Gasteiger partial charge is 0.480 e. The molecule has 2 aromatic carbocycles. The average Bonchev–Trinajstić information content (AvgIpc) is 3.88. The van der Waals surface area contributed by atoms with E-state index in [1.54, 1.807) is 13.4 Å². The minimum absolute atomic E-state index is 0.0855. The highest BCUT2D eigenvalue weighted by Crippen LogP contribution is 2.52. The number of aromatic nitrogens is 2. The van der Waals surface area contributed by atoms with Crippen LogP contribution in [0, 0.1) is 5.92 Å². The van der Waals surface area contributed by atoms with Crippen LogP contribution in [0.25, 0.3) is 11.1 Å². The molecule has 2 aliphatic carbocycles. The second-order valence-corrected chi connectivity index (χ2v) is 11.9. The minimum atomic E-state index is -0.971. The number of fused-ring (bicyclic) bond motifs is 1. The maximum atomic E-state index is 13.3. The lowest BCUT2D eigenvalue weighted by atomic mass is 9.92. The summed E-state index contributed by atoms with van der Waals surface area (Å²) in [4.78, 5) is 25.1. The van der Waals surface area contributed by atoms with Gasteiger partial charge in [0.1, 0.15) is 6.33 Å². The van der Waals surface area contributed by atoms with Crippen molar-refractivity contribution in [1.29, 1.82) is 0 Å². The van der Waals surface area contributed by atoms with E-state index in [-0.39, 0.29) is 6.03 Å². The highest BCUT2D eigenvalue weighted by molar-refractivity contribution is 7.85. The first-order valence-electron chi connectivity index (χ1n) is 13.1. The van der Waals surface area contributed by atoms with Gasteiger partial charge in [0, 0.05) is 41.3 Å². The Balaban J connectivity index is 1.25. The minimum Gasteiger partial charge on any atom is -0.480 e. The van der Waals surface area contributed by atoms with E-state index < -0.39 is 10.8 Å². The summed E-state index contributed by atoms with van der Waals surface area (Å²) in [5, 5.41) is 3.09. The number of amides is 2. The Kier molecular flexibility index (Phi) is 6.44. The first kappa shape index (κ1) is 24.1. The zero-order chi connectivity index (χ0) is 25.5. The predicted molar refractivity (Wildman–Crippen MR) is 144 cm³/mol. The molecule has 1 unspecified atom stereocenters. The van der Waals surface area contributed by atoms with Gasteiger partial charge < -0.3 is 10.1 Å². The van der Waals surface area contributed by atoms with Crippen molar-refractivity contribution in [2.75, 3.05) is 24.3 Å². The van der Waals surface area contributed by atoms with E-state index in [0.717, 1.165) is 45.8 Å². The van der Waals surface area contributed by atoms with Crippen molar-refractivity contribution in [1.82, 2.24) is 15.3 Å². The van der Waals surface area contributed by atoms with Gasteiger partial charge >= 0.3 is 6.03 Å². The molecule has 8 heteroatoms. The first-order chi connectivity index (χ1) is 18.1. The van der Waals surface area contributed by atoms with Crippen molar-refractivity contribution in [3.63, 3.8) is 0 Å². The SMILES string of the molecule is CCS(=O)c1ccc(CNC(=O)N2C[C@H](C3CC3)c3cc(-c4c(OC)ncnc4C4CC4)ccc32)cc1. The lowest BCUT2D eigenvalue weighted by Crippen LogP contribution is -2.39. The molecule has 37 heavy (non-hydrogen) atoms. The number of nitrogens with zero attached hydrogens (tertiary/aromatic N) is 3. The summed E-state index contributed by atoms with van der Waals surface area (Å²) in [5.74, 6) is 2.64. The number of nitrogens with one attached hydrogen (secondary N) is 1. The number of methoxy groups -OCH3 is 1. The molecule has 1 N–H and O–H groups in total. The van der Waals surface area contributed by atoms with Gasteiger partial charge in [0.25, 0.3) is 0 Å². The Labute approximate surface area is 220 Å². The maximum Gasteiger partial charge on any atom is 0.322 e. The van der Waals surface area contributed by atoms with Gasteiger partial charge in [0.15, 0.2) is 0 Å². The summed E-state index contributed by atoms with van der Waals surface area (Å²) in [7, 11) is 0.687. The molecule has 1 aromatic heterocycles. The van der Waals surface area contributed by atoms with Crippen LogP contribution in [0.15, 0.2) is 53.7 Å². The zero-order valence-corrected chi connectivity index (χ0v) is 22.1. The third-order valence-corrected chi connectivity index (χ3v) is 9.04. The number of carbonyl (C=O) groups excluding carboxylic acids is 1. The highest BCUT2D eigenvalue weighted by Gasteiger charge is 2.42. The van der Waals surface area contributed by atoms with Crippen LogP contribution in [-0.4, -0.2) is 39.6 Å². The second kappa shape index (κ2) is 9.89. The fourth-order valence-corrected chi connectivity index (χ4v) is 6.19. The highest BCUT2D eigenvalue weighted by atomic mass is 32.2. The molecule has 2 fully saturated rings. The van der Waals surface area contributed by atoms with Gasteiger partial charge in [-0.2, -0.15) is 0 Å². The Morgan fingerprint density at radius 2 is 1.89 bits per heavy atom. The summed E-state index contributed by atoms with van der Waals surface area (Å²) in [6.45, 7) is 3.03. The monoisotopic (exact) mass is 516 g/mol. The van der Waals surface area contributed by atoms with E-state index >= 15 is 0 Å². The number of hydrogen-bond donors (Lipinski definition) is 1. The quantitative estimate of drug-likeness (QED) is 0.435. The van der Waals surface area contributed by atoms with Crippen LogP contribution in [0.2, 0.25) is 0 Å². The van der Waals surface area contributed by atoms with Gasteiger partial charge in [-0.25, -0.2) is 14.8 Å². The van der Waals surface area contributed by atoms with Crippen LogP contribution in [0.4, 0.5) is 10.5 Å². The number of hydrogen-bond acceptors (Lipinski definition) is 5. The topological polar surface area (TPSA) is 84.4 Å². The van der Waals surface area contributed by atoms with Gasteiger partial charge in [-0.05, 0) is 72.6 Å². The van der Waals surface area contributed by atoms with Crippen LogP contribution in [0.3, 0.4) is 0 Å². The molecule has 3 aliphatic rings. The number of carbonyl (C=O) groups is 1. The van der Waals surface area contributed by atoms with E-state index in [1.807, 2.05) is 36.1 Å². The smallest absolute Gasteiger partial charge is 0.322 e. The molecule has 2 amide bonds. The third-order valence-electron chi connectivity index (χ3n) is 7.71. The van der Waals surface area contributed by atoms with Crippen molar-refractivity contribution in [2.45, 2.75) is 55.9 Å². The first-order valence-corrected chi connectivity index (χ1v) is 14.4. The molecular weight excluding hydrogens is 484 g/mol. The molecule has 0 spiro atoms. The van der Waals surface area contributed by atoms with Gasteiger partial charge in [-0.1, -0.05) is 25.1 Å². The Hall–Kier alpha value is -3.26. The van der Waals surface area contributed by atoms with Crippen LogP contribution in [-0.2, 0) is 17.3 Å². The summed E-state index contributed by atoms with van der Waals surface area (Å²) in [6, 6.07) is 13.9. The molecule has 2 heterocycles. The van der Waals surface area contributed by atoms with Crippen molar-refractivity contribution < 1.29 is 13.7 Å². The summed E-state index contributed by atoms with van der Waals surface area (Å²) in [6.07, 6.45) is 6.31. The summed E-state index contributed by atoms with van der Waals surface area (Å²) < 4.78 is 17.6. The Morgan fingerprint density at radius 1 is 1.11 bits per heavy atom. The fourth-order valence-electron chi connectivity index (χ4n) is 5.41. The van der Waals surface area contributed by atoms with E-state index in [0.29, 0.717) is 42.5 Å². The number of rotatable bonds is 8. The van der Waals surface area contributed by atoms with E-state index in [1.165, 1.54) is 18.4 Å². The molecule has 7 nitrogen and oxygen atoms in total. The fraction of sp³-hybridized carbons (Fsp3) is 0.414. The predicted octanol–water partition coefficient (Wildman–Crippen LogP) is 5.38. The lowest BCUT2D eigenvalue weighted by Gasteiger charge is -2.19. The van der Waals surface area contributed by atoms with E-state index in [4.69, 9.17) is 4.74 Å². The molecule has 1 aliphatic heterocycles. The maximum absolute atomic E-state index is 13.3. The van der Waals surface area contributed by atoms with Crippen molar-refractivity contribution in [2.24, 2.45) is 5.92 Å². The lowest BCUT2D eigenvalue weighted by molar-refractivity contribution is 0.246. The van der Waals surface area contributed by atoms with Crippen molar-refractivity contribution >= 4 is 22.5 Å². The van der Waals surface area contributed by atoms with Crippen LogP contribution in [0.5, 0.6) is 5.88 Å². The zero-order valence-electron chi connectivity index (χ0n) is 21.3. The van der Waals surface area contributed by atoms with Crippen LogP contribution in [0.1, 0.15) is 61.3 Å². The summed E-state index contributed by atoms with van der Waals surface area (Å²) >= 11 is 0. The van der Waals surface area contributed by atoms with Crippen molar-refractivity contribution in [3.05, 3.63) is 65.6 Å². The Bertz CT molecular complexity index is 1350. The molecule has 2 saturated carbocycles. The standard InChI is InChI=1S/C29H32N4O3S/c1-3-37(35)22-11-4-18(5-12-22)15-30-29(34)33-16-24(19-6-7-19)23-14-21(10-13-25(23)33)26-27(20-8-9-20)31-17-32-28(26)36-2/h4-5,10-14,17,19-20,24H,3,6-9,15-16H2,1-2H3,(H,30,34)/t24-,37?/m1/s1. The molecular formula is C29H32N4O3S. The Morgan fingerprint density at radius 3 is 2.57 bits per heavy atom. The van der Waals surface area contributed by atoms with Gasteiger partial charge in [0.2, 0.25) is 5.88 Å². The van der Waals surface area contributed by atoms with Gasteiger partial charge in [0.05, 0.1) is 29.2 Å². The number of benzene rings is 2. The molecule has 6 rings (SSSR count). The molecule has 0 radical (unpaired) electrons. The number of urea groups is 1. The third kappa shape index (κ3) is 4.75. The normalized spacial score (nSPS) is 19.4. The van der Waals surface area contributed by atoms with E-state index in [2.05, 4.69) is 33.5 Å². The van der Waals surface area contributed by atoms with E-state index in [9.17, 15) is 9.00 Å². The molecule has 3 aromatic rings. The molecule has 0 saturated heterocycles. The molecule has 2 atom stereocenters. The van der Waals surface area contributed by atoms with Crippen molar-refractivity contribution in [3.8, 4) is 17.0 Å². The summed E-state index contributed by atoms with van der Waals surface area (Å²) in [5.41, 5.74) is 6.32. The number of anilines is 1. The molecule has 192 valence electrons. The van der Waals surface area contributed by atoms with Crippen LogP contribution >= 0.6 is 0 Å².